The van der Waals surface area contributed by atoms with E-state index in [-0.39, 0.29) is 23.9 Å². The second-order valence-corrected chi connectivity index (χ2v) is 9.03. The van der Waals surface area contributed by atoms with Crippen LogP contribution in [0.4, 0.5) is 4.39 Å². The summed E-state index contributed by atoms with van der Waals surface area (Å²) in [6, 6.07) is 11.4. The zero-order chi connectivity index (χ0) is 24.1. The Hall–Kier alpha value is -3.65. The van der Waals surface area contributed by atoms with Crippen LogP contribution in [0.15, 0.2) is 54.9 Å². The SMILES string of the molecule is CC(C)(C)OCc1nc2ccc(C(=O)NCCCc3ncc[nH]3)cc2nc1-c1ccc(F)cc1. The van der Waals surface area contributed by atoms with Crippen molar-refractivity contribution in [3.63, 3.8) is 0 Å². The van der Waals surface area contributed by atoms with E-state index < -0.39 is 0 Å². The predicted octanol–water partition coefficient (Wildman–Crippen LogP) is 4.84. The topological polar surface area (TPSA) is 92.8 Å². The number of imidazole rings is 1. The number of halogens is 1. The molecule has 1 amide bonds. The maximum Gasteiger partial charge on any atom is 0.251 e. The van der Waals surface area contributed by atoms with Crippen LogP contribution >= 0.6 is 0 Å². The normalized spacial score (nSPS) is 11.6. The van der Waals surface area contributed by atoms with E-state index in [1.807, 2.05) is 20.8 Å². The number of aromatic nitrogens is 4. The highest BCUT2D eigenvalue weighted by atomic mass is 19.1. The van der Waals surface area contributed by atoms with Crippen LogP contribution in [0.25, 0.3) is 22.3 Å². The molecule has 8 heteroatoms. The Balaban J connectivity index is 1.57. The molecule has 0 radical (unpaired) electrons. The predicted molar refractivity (Wildman–Crippen MR) is 129 cm³/mol. The van der Waals surface area contributed by atoms with Crippen molar-refractivity contribution >= 4 is 16.9 Å². The Kier molecular flexibility index (Phi) is 6.98. The first-order valence-corrected chi connectivity index (χ1v) is 11.3. The Labute approximate surface area is 197 Å². The lowest BCUT2D eigenvalue weighted by Crippen LogP contribution is -2.24. The molecule has 34 heavy (non-hydrogen) atoms. The number of carbonyl (C=O) groups excluding carboxylic acids is 1. The standard InChI is InChI=1S/C26H28FN5O2/c1-26(2,3)34-16-22-24(17-6-9-19(27)10-7-17)32-21-15-18(8-11-20(21)31-22)25(33)30-12-4-5-23-28-13-14-29-23/h6-11,13-15H,4-5,12,16H2,1-3H3,(H,28,29)(H,30,33). The summed E-state index contributed by atoms with van der Waals surface area (Å²) in [5.41, 5.74) is 3.39. The number of rotatable bonds is 8. The van der Waals surface area contributed by atoms with Gasteiger partial charge in [-0.15, -0.1) is 0 Å². The van der Waals surface area contributed by atoms with E-state index in [0.717, 1.165) is 24.2 Å². The molecule has 4 aromatic rings. The summed E-state index contributed by atoms with van der Waals surface area (Å²) >= 11 is 0. The molecular weight excluding hydrogens is 433 g/mol. The quantitative estimate of drug-likeness (QED) is 0.367. The average molecular weight is 462 g/mol. The molecule has 0 aliphatic heterocycles. The fourth-order valence-corrected chi connectivity index (χ4v) is 3.45. The molecule has 2 N–H and O–H groups in total. The Morgan fingerprint density at radius 3 is 2.59 bits per heavy atom. The highest BCUT2D eigenvalue weighted by molar-refractivity contribution is 5.97. The first-order chi connectivity index (χ1) is 16.3. The summed E-state index contributed by atoms with van der Waals surface area (Å²) in [5.74, 6) is 0.400. The number of hydrogen-bond donors (Lipinski definition) is 2. The van der Waals surface area contributed by atoms with Crippen LogP contribution in [-0.2, 0) is 17.8 Å². The van der Waals surface area contributed by atoms with E-state index in [4.69, 9.17) is 14.7 Å². The fourth-order valence-electron chi connectivity index (χ4n) is 3.45. The van der Waals surface area contributed by atoms with Crippen molar-refractivity contribution in [1.29, 1.82) is 0 Å². The van der Waals surface area contributed by atoms with Gasteiger partial charge >= 0.3 is 0 Å². The van der Waals surface area contributed by atoms with E-state index in [9.17, 15) is 9.18 Å². The molecule has 0 fully saturated rings. The molecule has 2 aromatic carbocycles. The summed E-state index contributed by atoms with van der Waals surface area (Å²) in [6.45, 7) is 6.71. The number of aromatic amines is 1. The van der Waals surface area contributed by atoms with Gasteiger partial charge in [0, 0.05) is 36.5 Å². The van der Waals surface area contributed by atoms with Crippen molar-refractivity contribution in [1.82, 2.24) is 25.3 Å². The number of benzene rings is 2. The molecule has 2 heterocycles. The smallest absolute Gasteiger partial charge is 0.251 e. The summed E-state index contributed by atoms with van der Waals surface area (Å²) < 4.78 is 19.4. The van der Waals surface area contributed by atoms with E-state index in [1.165, 1.54) is 12.1 Å². The lowest BCUT2D eigenvalue weighted by molar-refractivity contribution is -0.0162. The summed E-state index contributed by atoms with van der Waals surface area (Å²) in [4.78, 5) is 29.5. The summed E-state index contributed by atoms with van der Waals surface area (Å²) in [6.07, 6.45) is 5.03. The van der Waals surface area contributed by atoms with Gasteiger partial charge in [-0.25, -0.2) is 19.3 Å². The number of fused-ring (bicyclic) bond motifs is 1. The van der Waals surface area contributed by atoms with Crippen LogP contribution in [0, 0.1) is 5.82 Å². The van der Waals surface area contributed by atoms with Crippen LogP contribution in [0.1, 0.15) is 49.1 Å². The number of hydrogen-bond acceptors (Lipinski definition) is 5. The number of nitrogens with zero attached hydrogens (tertiary/aromatic N) is 3. The van der Waals surface area contributed by atoms with Crippen molar-refractivity contribution in [3.8, 4) is 11.3 Å². The molecular formula is C26H28FN5O2. The second-order valence-electron chi connectivity index (χ2n) is 9.03. The van der Waals surface area contributed by atoms with Crippen LogP contribution in [-0.4, -0.2) is 38.0 Å². The molecule has 0 spiro atoms. The van der Waals surface area contributed by atoms with Crippen molar-refractivity contribution in [3.05, 3.63) is 77.8 Å². The van der Waals surface area contributed by atoms with E-state index in [0.29, 0.717) is 34.5 Å². The van der Waals surface area contributed by atoms with Gasteiger partial charge < -0.3 is 15.0 Å². The number of aryl methyl sites for hydroxylation is 1. The zero-order valence-corrected chi connectivity index (χ0v) is 19.6. The third kappa shape index (κ3) is 6.02. The first kappa shape index (κ1) is 23.5. The number of amides is 1. The Morgan fingerprint density at radius 1 is 1.09 bits per heavy atom. The monoisotopic (exact) mass is 461 g/mol. The van der Waals surface area contributed by atoms with Gasteiger partial charge in [-0.1, -0.05) is 0 Å². The molecule has 0 saturated heterocycles. The van der Waals surface area contributed by atoms with Crippen LogP contribution in [0.5, 0.6) is 0 Å². The van der Waals surface area contributed by atoms with E-state index in [2.05, 4.69) is 15.3 Å². The van der Waals surface area contributed by atoms with Crippen molar-refractivity contribution in [2.45, 2.75) is 45.8 Å². The van der Waals surface area contributed by atoms with Crippen LogP contribution in [0.3, 0.4) is 0 Å². The molecule has 0 unspecified atom stereocenters. The minimum atomic E-state index is -0.352. The van der Waals surface area contributed by atoms with E-state index >= 15 is 0 Å². The second kappa shape index (κ2) is 10.1. The Morgan fingerprint density at radius 2 is 1.88 bits per heavy atom. The van der Waals surface area contributed by atoms with Crippen molar-refractivity contribution in [2.75, 3.05) is 6.54 Å². The van der Waals surface area contributed by atoms with Gasteiger partial charge in [0.1, 0.15) is 11.6 Å². The third-order valence-electron chi connectivity index (χ3n) is 5.19. The largest absolute Gasteiger partial charge is 0.369 e. The number of H-pyrrole nitrogens is 1. The van der Waals surface area contributed by atoms with E-state index in [1.54, 1.807) is 42.7 Å². The maximum atomic E-state index is 13.5. The molecule has 7 nitrogen and oxygen atoms in total. The maximum absolute atomic E-state index is 13.5. The van der Waals surface area contributed by atoms with Crippen molar-refractivity contribution in [2.24, 2.45) is 0 Å². The van der Waals surface area contributed by atoms with Gasteiger partial charge in [-0.3, -0.25) is 4.79 Å². The number of nitrogens with one attached hydrogen (secondary N) is 2. The minimum absolute atomic E-state index is 0.174. The van der Waals surface area contributed by atoms with Gasteiger partial charge in [0.2, 0.25) is 0 Å². The highest BCUT2D eigenvalue weighted by Gasteiger charge is 2.17. The number of carbonyl (C=O) groups is 1. The Bertz CT molecular complexity index is 1270. The molecule has 0 atom stereocenters. The van der Waals surface area contributed by atoms with Gasteiger partial charge in [-0.2, -0.15) is 0 Å². The molecule has 0 aliphatic rings. The molecule has 0 saturated carbocycles. The molecule has 0 aliphatic carbocycles. The summed E-state index contributed by atoms with van der Waals surface area (Å²) in [7, 11) is 0. The number of ether oxygens (including phenoxy) is 1. The molecule has 4 rings (SSSR count). The van der Waals surface area contributed by atoms with Crippen LogP contribution in [0.2, 0.25) is 0 Å². The van der Waals surface area contributed by atoms with Gasteiger partial charge in [-0.05, 0) is 69.7 Å². The highest BCUT2D eigenvalue weighted by Crippen LogP contribution is 2.26. The molecule has 2 aromatic heterocycles. The fraction of sp³-hybridized carbons (Fsp3) is 0.308. The lowest BCUT2D eigenvalue weighted by Gasteiger charge is -2.20. The lowest BCUT2D eigenvalue weighted by atomic mass is 10.1. The van der Waals surface area contributed by atoms with Gasteiger partial charge in [0.15, 0.2) is 0 Å². The van der Waals surface area contributed by atoms with Gasteiger partial charge in [0.25, 0.3) is 5.91 Å². The van der Waals surface area contributed by atoms with Crippen LogP contribution < -0.4 is 5.32 Å². The van der Waals surface area contributed by atoms with Gasteiger partial charge in [0.05, 0.1) is 34.6 Å². The molecule has 0 bridgehead atoms. The molecule has 176 valence electrons. The minimum Gasteiger partial charge on any atom is -0.369 e. The third-order valence-corrected chi connectivity index (χ3v) is 5.19. The average Bonchev–Trinajstić information content (AvgIpc) is 3.33. The van der Waals surface area contributed by atoms with Crippen molar-refractivity contribution < 1.29 is 13.9 Å². The summed E-state index contributed by atoms with van der Waals surface area (Å²) in [5, 5.41) is 2.94. The zero-order valence-electron chi connectivity index (χ0n) is 19.6. The first-order valence-electron chi connectivity index (χ1n) is 11.3.